The van der Waals surface area contributed by atoms with Crippen LogP contribution in [0.1, 0.15) is 310 Å². The van der Waals surface area contributed by atoms with E-state index in [1.165, 1.54) is 173 Å². The topological polar surface area (TPSA) is 78.9 Å². The number of rotatable bonds is 54. The lowest BCUT2D eigenvalue weighted by Gasteiger charge is -2.18. The van der Waals surface area contributed by atoms with Gasteiger partial charge in [-0.3, -0.25) is 14.4 Å². The molecule has 68 heavy (non-hydrogen) atoms. The summed E-state index contributed by atoms with van der Waals surface area (Å²) in [6.45, 7) is 6.58. The molecule has 0 rings (SSSR count). The lowest BCUT2D eigenvalue weighted by Crippen LogP contribution is -2.30. The third-order valence-electron chi connectivity index (χ3n) is 13.0. The van der Waals surface area contributed by atoms with Crippen LogP contribution in [0.15, 0.2) is 48.6 Å². The minimum Gasteiger partial charge on any atom is -0.462 e. The molecular weight excluding hydrogens is 841 g/mol. The summed E-state index contributed by atoms with van der Waals surface area (Å²) in [7, 11) is 0. The molecule has 0 aromatic rings. The Kier molecular flexibility index (Phi) is 54.8. The standard InChI is InChI=1S/C62H112O6/c1-4-7-10-13-16-19-22-25-27-29-31-33-34-37-40-43-46-49-52-55-61(64)67-58-59(57-66-60(63)54-51-48-45-42-39-36-24-21-18-15-12-9-6-3)68-62(65)56-53-50-47-44-41-38-35-32-30-28-26-23-20-17-14-11-8-5-2/h12,15,20-21,23-24,28,30,59H,4-11,13-14,16-19,22,25-27,29,31-58H2,1-3H3/b15-12-,23-20-,24-21-,30-28-. The van der Waals surface area contributed by atoms with Crippen molar-refractivity contribution in [2.24, 2.45) is 0 Å². The van der Waals surface area contributed by atoms with Gasteiger partial charge in [0.05, 0.1) is 0 Å². The molecule has 0 amide bonds. The SMILES string of the molecule is CCC/C=C\C/C=C\CCCCCCCC(=O)OCC(COC(=O)CCCCCCCCCCCCCCCCCCCCC)OC(=O)CCCCCCCCC/C=C\C/C=C\CCCCCC. The maximum atomic E-state index is 12.9. The summed E-state index contributed by atoms with van der Waals surface area (Å²) < 4.78 is 16.9. The largest absolute Gasteiger partial charge is 0.462 e. The van der Waals surface area contributed by atoms with Crippen LogP contribution in [-0.4, -0.2) is 37.2 Å². The molecule has 396 valence electrons. The van der Waals surface area contributed by atoms with Gasteiger partial charge in [-0.05, 0) is 77.0 Å². The third kappa shape index (κ3) is 54.3. The van der Waals surface area contributed by atoms with E-state index >= 15 is 0 Å². The number of hydrogen-bond donors (Lipinski definition) is 0. The van der Waals surface area contributed by atoms with E-state index in [-0.39, 0.29) is 31.1 Å². The first-order valence-corrected chi connectivity index (χ1v) is 29.6. The fourth-order valence-electron chi connectivity index (χ4n) is 8.57. The summed E-state index contributed by atoms with van der Waals surface area (Å²) in [5.41, 5.74) is 0. The van der Waals surface area contributed by atoms with Crippen LogP contribution < -0.4 is 0 Å². The summed E-state index contributed by atoms with van der Waals surface area (Å²) in [6, 6.07) is 0. The van der Waals surface area contributed by atoms with Crippen molar-refractivity contribution >= 4 is 17.9 Å². The highest BCUT2D eigenvalue weighted by atomic mass is 16.6. The Morgan fingerprint density at radius 1 is 0.294 bits per heavy atom. The van der Waals surface area contributed by atoms with E-state index in [1.54, 1.807) is 0 Å². The fraction of sp³-hybridized carbons (Fsp3) is 0.823. The zero-order chi connectivity index (χ0) is 49.3. The van der Waals surface area contributed by atoms with Gasteiger partial charge in [0.15, 0.2) is 6.10 Å². The number of carbonyl (C=O) groups is 3. The van der Waals surface area contributed by atoms with Gasteiger partial charge in [0.2, 0.25) is 0 Å². The smallest absolute Gasteiger partial charge is 0.306 e. The first kappa shape index (κ1) is 65.4. The van der Waals surface area contributed by atoms with Crippen molar-refractivity contribution in [1.82, 2.24) is 0 Å². The Balaban J connectivity index is 4.34. The summed E-state index contributed by atoms with van der Waals surface area (Å²) in [5.74, 6) is -0.885. The van der Waals surface area contributed by atoms with Crippen molar-refractivity contribution < 1.29 is 28.6 Å². The first-order chi connectivity index (χ1) is 33.5. The predicted molar refractivity (Wildman–Crippen MR) is 293 cm³/mol. The fourth-order valence-corrected chi connectivity index (χ4v) is 8.57. The highest BCUT2D eigenvalue weighted by Gasteiger charge is 2.19. The highest BCUT2D eigenvalue weighted by molar-refractivity contribution is 5.71. The molecule has 0 heterocycles. The van der Waals surface area contributed by atoms with Crippen molar-refractivity contribution in [3.8, 4) is 0 Å². The zero-order valence-corrected chi connectivity index (χ0v) is 45.4. The Morgan fingerprint density at radius 2 is 0.559 bits per heavy atom. The molecule has 0 bridgehead atoms. The molecule has 0 aromatic heterocycles. The van der Waals surface area contributed by atoms with Crippen LogP contribution in [0.25, 0.3) is 0 Å². The zero-order valence-electron chi connectivity index (χ0n) is 45.4. The first-order valence-electron chi connectivity index (χ1n) is 29.6. The lowest BCUT2D eigenvalue weighted by molar-refractivity contribution is -0.167. The lowest BCUT2D eigenvalue weighted by atomic mass is 10.0. The van der Waals surface area contributed by atoms with E-state index < -0.39 is 6.10 Å². The molecule has 1 unspecified atom stereocenters. The van der Waals surface area contributed by atoms with E-state index in [0.717, 1.165) is 96.3 Å². The molecule has 0 saturated carbocycles. The number of esters is 3. The highest BCUT2D eigenvalue weighted by Crippen LogP contribution is 2.17. The molecular formula is C62H112O6. The maximum Gasteiger partial charge on any atom is 0.306 e. The van der Waals surface area contributed by atoms with Gasteiger partial charge in [-0.2, -0.15) is 0 Å². The van der Waals surface area contributed by atoms with Crippen molar-refractivity contribution in [2.45, 2.75) is 316 Å². The molecule has 0 N–H and O–H groups in total. The van der Waals surface area contributed by atoms with E-state index in [9.17, 15) is 14.4 Å². The molecule has 0 aliphatic rings. The Morgan fingerprint density at radius 3 is 0.882 bits per heavy atom. The summed E-state index contributed by atoms with van der Waals surface area (Å²) in [5, 5.41) is 0. The van der Waals surface area contributed by atoms with Crippen LogP contribution >= 0.6 is 0 Å². The van der Waals surface area contributed by atoms with Crippen LogP contribution in [0.5, 0.6) is 0 Å². The second-order valence-electron chi connectivity index (χ2n) is 19.9. The number of allylic oxidation sites excluding steroid dienone is 8. The minimum absolute atomic E-state index is 0.0779. The molecule has 6 nitrogen and oxygen atoms in total. The molecule has 0 saturated heterocycles. The Bertz CT molecular complexity index is 1190. The van der Waals surface area contributed by atoms with Gasteiger partial charge in [-0.25, -0.2) is 0 Å². The Labute approximate surface area is 422 Å². The third-order valence-corrected chi connectivity index (χ3v) is 13.0. The van der Waals surface area contributed by atoms with Crippen molar-refractivity contribution in [3.05, 3.63) is 48.6 Å². The van der Waals surface area contributed by atoms with E-state index in [1.807, 2.05) is 0 Å². The molecule has 0 spiro atoms. The van der Waals surface area contributed by atoms with Crippen LogP contribution in [0.3, 0.4) is 0 Å². The second-order valence-corrected chi connectivity index (χ2v) is 19.9. The normalized spacial score (nSPS) is 12.3. The molecule has 0 aliphatic heterocycles. The van der Waals surface area contributed by atoms with Crippen molar-refractivity contribution in [2.75, 3.05) is 13.2 Å². The molecule has 6 heteroatoms. The number of carbonyl (C=O) groups excluding carboxylic acids is 3. The minimum atomic E-state index is -0.781. The average molecular weight is 954 g/mol. The van der Waals surface area contributed by atoms with Gasteiger partial charge >= 0.3 is 17.9 Å². The summed E-state index contributed by atoms with van der Waals surface area (Å²) in [6.07, 6.45) is 69.6. The van der Waals surface area contributed by atoms with Gasteiger partial charge in [0, 0.05) is 19.3 Å². The molecule has 0 fully saturated rings. The van der Waals surface area contributed by atoms with Crippen LogP contribution in [0.4, 0.5) is 0 Å². The van der Waals surface area contributed by atoms with Gasteiger partial charge in [-0.1, -0.05) is 262 Å². The quantitative estimate of drug-likeness (QED) is 0.0262. The number of ether oxygens (including phenoxy) is 3. The maximum absolute atomic E-state index is 12.9. The summed E-state index contributed by atoms with van der Waals surface area (Å²) in [4.78, 5) is 38.2. The Hall–Kier alpha value is -2.63. The van der Waals surface area contributed by atoms with Crippen molar-refractivity contribution in [1.29, 1.82) is 0 Å². The van der Waals surface area contributed by atoms with Crippen LogP contribution in [0.2, 0.25) is 0 Å². The van der Waals surface area contributed by atoms with Gasteiger partial charge in [-0.15, -0.1) is 0 Å². The average Bonchev–Trinajstić information content (AvgIpc) is 3.34. The number of hydrogen-bond acceptors (Lipinski definition) is 6. The van der Waals surface area contributed by atoms with Gasteiger partial charge in [0.1, 0.15) is 13.2 Å². The molecule has 0 aliphatic carbocycles. The predicted octanol–water partition coefficient (Wildman–Crippen LogP) is 19.8. The van der Waals surface area contributed by atoms with Crippen LogP contribution in [-0.2, 0) is 28.6 Å². The van der Waals surface area contributed by atoms with E-state index in [0.29, 0.717) is 19.3 Å². The van der Waals surface area contributed by atoms with Crippen LogP contribution in [0, 0.1) is 0 Å². The molecule has 1 atom stereocenters. The number of unbranched alkanes of at least 4 members (excludes halogenated alkanes) is 35. The summed E-state index contributed by atoms with van der Waals surface area (Å²) >= 11 is 0. The van der Waals surface area contributed by atoms with E-state index in [4.69, 9.17) is 14.2 Å². The van der Waals surface area contributed by atoms with Gasteiger partial charge in [0.25, 0.3) is 0 Å². The second kappa shape index (κ2) is 57.0. The molecule has 0 radical (unpaired) electrons. The monoisotopic (exact) mass is 953 g/mol. The van der Waals surface area contributed by atoms with E-state index in [2.05, 4.69) is 69.4 Å². The van der Waals surface area contributed by atoms with Gasteiger partial charge < -0.3 is 14.2 Å². The van der Waals surface area contributed by atoms with Crippen molar-refractivity contribution in [3.63, 3.8) is 0 Å². The molecule has 0 aromatic carbocycles.